The molecule has 0 radical (unpaired) electrons. The van der Waals surface area contributed by atoms with Gasteiger partial charge in [-0.1, -0.05) is 6.92 Å². The second-order valence-electron chi connectivity index (χ2n) is 7.11. The van der Waals surface area contributed by atoms with E-state index in [2.05, 4.69) is 31.4 Å². The predicted octanol–water partition coefficient (Wildman–Crippen LogP) is 2.75. The third kappa shape index (κ3) is 6.22. The van der Waals surface area contributed by atoms with E-state index in [0.29, 0.717) is 24.2 Å². The molecule has 0 saturated carbocycles. The molecule has 1 aromatic heterocycles. The van der Waals surface area contributed by atoms with Gasteiger partial charge in [0.2, 0.25) is 11.0 Å². The van der Waals surface area contributed by atoms with Crippen molar-refractivity contribution in [1.82, 2.24) is 19.6 Å². The van der Waals surface area contributed by atoms with Gasteiger partial charge in [-0.2, -0.15) is 4.37 Å². The molecule has 2 saturated heterocycles. The molecule has 2 fully saturated rings. The molecule has 2 aliphatic rings. The summed E-state index contributed by atoms with van der Waals surface area (Å²) in [6.07, 6.45) is 4.12. The van der Waals surface area contributed by atoms with Crippen molar-refractivity contribution < 1.29 is 4.79 Å². The van der Waals surface area contributed by atoms with Crippen molar-refractivity contribution in [3.8, 4) is 0 Å². The number of amides is 1. The van der Waals surface area contributed by atoms with Crippen LogP contribution in [0.2, 0.25) is 0 Å². The summed E-state index contributed by atoms with van der Waals surface area (Å²) in [5.74, 6) is 2.35. The lowest BCUT2D eigenvalue weighted by Gasteiger charge is -2.29. The summed E-state index contributed by atoms with van der Waals surface area (Å²) in [6, 6.07) is 0. The lowest BCUT2D eigenvalue weighted by atomic mass is 9.84. The fourth-order valence-electron chi connectivity index (χ4n) is 3.76. The summed E-state index contributed by atoms with van der Waals surface area (Å²) in [5, 5.41) is 4.40. The number of hydrogen-bond donors (Lipinski definition) is 1. The Balaban J connectivity index is 0.00000169. The van der Waals surface area contributed by atoms with Crippen LogP contribution in [0.4, 0.5) is 5.13 Å². The molecule has 1 N–H and O–H groups in total. The monoisotopic (exact) mass is 423 g/mol. The van der Waals surface area contributed by atoms with E-state index < -0.39 is 0 Å². The van der Waals surface area contributed by atoms with Gasteiger partial charge in [-0.3, -0.25) is 4.79 Å². The van der Waals surface area contributed by atoms with Crippen LogP contribution in [0.15, 0.2) is 0 Å². The van der Waals surface area contributed by atoms with Crippen molar-refractivity contribution >= 4 is 47.4 Å². The molecule has 3 heterocycles. The second-order valence-corrected chi connectivity index (χ2v) is 7.84. The zero-order valence-electron chi connectivity index (χ0n) is 15.6. The maximum atomic E-state index is 12.7. The second kappa shape index (κ2) is 11.3. The lowest BCUT2D eigenvalue weighted by Crippen LogP contribution is -2.37. The van der Waals surface area contributed by atoms with Crippen molar-refractivity contribution in [2.24, 2.45) is 11.8 Å². The maximum absolute atomic E-state index is 12.7. The molecule has 6 nitrogen and oxygen atoms in total. The molecule has 1 amide bonds. The molecular formula is C17H31Cl2N5OS. The molecule has 9 heteroatoms. The number of aryl methyl sites for hydroxylation is 1. The Bertz CT molecular complexity index is 553. The van der Waals surface area contributed by atoms with Crippen LogP contribution in [0.3, 0.4) is 0 Å². The number of rotatable bonds is 4. The van der Waals surface area contributed by atoms with Crippen LogP contribution in [0.25, 0.3) is 0 Å². The summed E-state index contributed by atoms with van der Waals surface area (Å²) in [7, 11) is 0. The molecule has 150 valence electrons. The number of anilines is 1. The molecule has 0 aliphatic carbocycles. The molecule has 0 bridgehead atoms. The van der Waals surface area contributed by atoms with Crippen LogP contribution in [-0.4, -0.2) is 59.4 Å². The summed E-state index contributed by atoms with van der Waals surface area (Å²) in [6.45, 7) is 9.87. The van der Waals surface area contributed by atoms with Crippen molar-refractivity contribution in [2.45, 2.75) is 39.5 Å². The van der Waals surface area contributed by atoms with Gasteiger partial charge in [0.25, 0.3) is 0 Å². The smallest absolute Gasteiger partial charge is 0.222 e. The molecule has 0 aromatic carbocycles. The molecule has 1 unspecified atom stereocenters. The Kier molecular flexibility index (Phi) is 10.1. The molecular weight excluding hydrogens is 393 g/mol. The highest BCUT2D eigenvalue weighted by Crippen LogP contribution is 2.25. The van der Waals surface area contributed by atoms with Crippen molar-refractivity contribution in [2.75, 3.05) is 44.2 Å². The molecule has 3 rings (SSSR count). The summed E-state index contributed by atoms with van der Waals surface area (Å²) in [5.41, 5.74) is 0. The van der Waals surface area contributed by atoms with Crippen LogP contribution in [0.1, 0.15) is 38.4 Å². The Morgan fingerprint density at radius 1 is 1.23 bits per heavy atom. The minimum atomic E-state index is 0. The van der Waals surface area contributed by atoms with E-state index in [0.717, 1.165) is 56.6 Å². The number of nitrogens with one attached hydrogen (secondary N) is 1. The Hall–Kier alpha value is -0.630. The number of carbonyl (C=O) groups is 1. The first-order chi connectivity index (χ1) is 11.6. The topological polar surface area (TPSA) is 61.4 Å². The van der Waals surface area contributed by atoms with Crippen LogP contribution < -0.4 is 10.2 Å². The normalized spacial score (nSPS) is 19.9. The summed E-state index contributed by atoms with van der Waals surface area (Å²) < 4.78 is 4.27. The zero-order chi connectivity index (χ0) is 16.9. The van der Waals surface area contributed by atoms with Crippen molar-refractivity contribution in [1.29, 1.82) is 0 Å². The Morgan fingerprint density at radius 2 is 1.96 bits per heavy atom. The quantitative estimate of drug-likeness (QED) is 0.806. The number of carbonyl (C=O) groups excluding carboxylic acids is 1. The first kappa shape index (κ1) is 23.4. The first-order valence-corrected chi connectivity index (χ1v) is 9.94. The van der Waals surface area contributed by atoms with Crippen LogP contribution in [0, 0.1) is 18.8 Å². The standard InChI is InChI=1S/C17H29N5OS.2ClH/c1-13(15-4-6-18-7-5-15)12-16(23)21-8-3-9-22(11-10-21)17-19-14(2)20-24-17;;/h13,15,18H,3-12H2,1-2H3;2*1H. The van der Waals surface area contributed by atoms with Gasteiger partial charge in [0.1, 0.15) is 5.82 Å². The van der Waals surface area contributed by atoms with E-state index in [-0.39, 0.29) is 24.8 Å². The van der Waals surface area contributed by atoms with Crippen molar-refractivity contribution in [3.05, 3.63) is 5.82 Å². The fraction of sp³-hybridized carbons (Fsp3) is 0.824. The van der Waals surface area contributed by atoms with E-state index in [1.165, 1.54) is 24.4 Å². The molecule has 26 heavy (non-hydrogen) atoms. The van der Waals surface area contributed by atoms with E-state index in [9.17, 15) is 4.79 Å². The third-order valence-electron chi connectivity index (χ3n) is 5.32. The van der Waals surface area contributed by atoms with E-state index in [1.807, 2.05) is 6.92 Å². The third-order valence-corrected chi connectivity index (χ3v) is 6.19. The van der Waals surface area contributed by atoms with Gasteiger partial charge < -0.3 is 15.1 Å². The van der Waals surface area contributed by atoms with Gasteiger partial charge >= 0.3 is 0 Å². The average Bonchev–Trinajstić information content (AvgIpc) is 2.88. The average molecular weight is 424 g/mol. The highest BCUT2D eigenvalue weighted by Gasteiger charge is 2.26. The minimum absolute atomic E-state index is 0. The van der Waals surface area contributed by atoms with Gasteiger partial charge in [0.15, 0.2) is 0 Å². The van der Waals surface area contributed by atoms with Gasteiger partial charge in [0.05, 0.1) is 0 Å². The van der Waals surface area contributed by atoms with Crippen LogP contribution in [-0.2, 0) is 4.79 Å². The lowest BCUT2D eigenvalue weighted by molar-refractivity contribution is -0.132. The molecule has 1 aromatic rings. The molecule has 1 atom stereocenters. The van der Waals surface area contributed by atoms with E-state index in [1.54, 1.807) is 0 Å². The van der Waals surface area contributed by atoms with Gasteiger partial charge in [-0.05, 0) is 51.1 Å². The molecule has 2 aliphatic heterocycles. The molecule has 0 spiro atoms. The van der Waals surface area contributed by atoms with Gasteiger partial charge in [-0.25, -0.2) is 4.98 Å². The van der Waals surface area contributed by atoms with Crippen LogP contribution in [0.5, 0.6) is 0 Å². The number of hydrogen-bond acceptors (Lipinski definition) is 6. The highest BCUT2D eigenvalue weighted by atomic mass is 35.5. The highest BCUT2D eigenvalue weighted by molar-refractivity contribution is 7.09. The number of aromatic nitrogens is 2. The fourth-order valence-corrected chi connectivity index (χ4v) is 4.48. The maximum Gasteiger partial charge on any atom is 0.222 e. The minimum Gasteiger partial charge on any atom is -0.345 e. The summed E-state index contributed by atoms with van der Waals surface area (Å²) in [4.78, 5) is 21.5. The van der Waals surface area contributed by atoms with Gasteiger partial charge in [-0.15, -0.1) is 24.8 Å². The number of nitrogens with zero attached hydrogens (tertiary/aromatic N) is 4. The Morgan fingerprint density at radius 3 is 2.62 bits per heavy atom. The Labute approximate surface area is 173 Å². The first-order valence-electron chi connectivity index (χ1n) is 9.17. The zero-order valence-corrected chi connectivity index (χ0v) is 18.1. The summed E-state index contributed by atoms with van der Waals surface area (Å²) >= 11 is 1.46. The van der Waals surface area contributed by atoms with Gasteiger partial charge in [0, 0.05) is 44.1 Å². The number of halogens is 2. The van der Waals surface area contributed by atoms with Crippen LogP contribution >= 0.6 is 36.3 Å². The number of piperidine rings is 1. The van der Waals surface area contributed by atoms with E-state index >= 15 is 0 Å². The largest absolute Gasteiger partial charge is 0.345 e. The SMILES string of the molecule is Cc1nsc(N2CCCN(C(=O)CC(C)C3CCNCC3)CC2)n1.Cl.Cl. The van der Waals surface area contributed by atoms with E-state index in [4.69, 9.17) is 0 Å². The predicted molar refractivity (Wildman–Crippen MR) is 112 cm³/mol. The van der Waals surface area contributed by atoms with Crippen molar-refractivity contribution in [3.63, 3.8) is 0 Å².